The summed E-state index contributed by atoms with van der Waals surface area (Å²) in [6.07, 6.45) is 0.842. The Labute approximate surface area is 151 Å². The number of hydrogen-bond acceptors (Lipinski definition) is 3. The quantitative estimate of drug-likeness (QED) is 0.758. The molecule has 1 aromatic rings. The third kappa shape index (κ3) is 7.26. The topological polar surface area (TPSA) is 69.6 Å². The Morgan fingerprint density at radius 3 is 2.20 bits per heavy atom. The zero-order valence-electron chi connectivity index (χ0n) is 16.4. The Balaban J connectivity index is 2.53. The van der Waals surface area contributed by atoms with Gasteiger partial charge >= 0.3 is 5.97 Å². The van der Waals surface area contributed by atoms with Crippen molar-refractivity contribution >= 4 is 11.9 Å². The van der Waals surface area contributed by atoms with Gasteiger partial charge in [0.1, 0.15) is 0 Å². The average molecular weight is 348 g/mol. The second-order valence-electron chi connectivity index (χ2n) is 7.82. The van der Waals surface area contributed by atoms with Crippen LogP contribution in [0.5, 0.6) is 0 Å². The van der Waals surface area contributed by atoms with Gasteiger partial charge in [0, 0.05) is 13.1 Å². The number of nitrogens with zero attached hydrogens (tertiary/aromatic N) is 1. The first-order chi connectivity index (χ1) is 11.5. The van der Waals surface area contributed by atoms with Crippen LogP contribution in [0.4, 0.5) is 0 Å². The molecule has 25 heavy (non-hydrogen) atoms. The number of aliphatic carboxylic acids is 1. The second-order valence-corrected chi connectivity index (χ2v) is 7.82. The summed E-state index contributed by atoms with van der Waals surface area (Å²) in [5.41, 5.74) is 5.27. The van der Waals surface area contributed by atoms with Gasteiger partial charge in [0.25, 0.3) is 0 Å². The molecule has 0 heterocycles. The zero-order valence-corrected chi connectivity index (χ0v) is 16.4. The van der Waals surface area contributed by atoms with Gasteiger partial charge < -0.3 is 10.4 Å². The summed E-state index contributed by atoms with van der Waals surface area (Å²) >= 11 is 0. The molecule has 0 radical (unpaired) electrons. The molecule has 2 N–H and O–H groups in total. The van der Waals surface area contributed by atoms with Gasteiger partial charge in [0.05, 0.1) is 13.0 Å². The molecule has 0 saturated heterocycles. The van der Waals surface area contributed by atoms with E-state index < -0.39 is 5.97 Å². The highest BCUT2D eigenvalue weighted by molar-refractivity contribution is 5.78. The smallest absolute Gasteiger partial charge is 0.304 e. The van der Waals surface area contributed by atoms with Gasteiger partial charge in [-0.05, 0) is 55.0 Å². The number of carboxylic acids is 1. The van der Waals surface area contributed by atoms with Gasteiger partial charge in [-0.25, -0.2) is 0 Å². The van der Waals surface area contributed by atoms with Crippen molar-refractivity contribution in [3.63, 3.8) is 0 Å². The molecule has 1 aromatic carbocycles. The van der Waals surface area contributed by atoms with Crippen molar-refractivity contribution in [3.8, 4) is 0 Å². The maximum Gasteiger partial charge on any atom is 0.304 e. The van der Waals surface area contributed by atoms with Crippen molar-refractivity contribution in [1.29, 1.82) is 0 Å². The Bertz CT molecular complexity index is 595. The van der Waals surface area contributed by atoms with E-state index in [1.807, 2.05) is 0 Å². The lowest BCUT2D eigenvalue weighted by molar-refractivity contribution is -0.137. The van der Waals surface area contributed by atoms with Gasteiger partial charge in [-0.2, -0.15) is 0 Å². The molecule has 0 saturated carbocycles. The summed E-state index contributed by atoms with van der Waals surface area (Å²) in [5, 5.41) is 11.6. The number of hydrogen-bond donors (Lipinski definition) is 2. The van der Waals surface area contributed by atoms with Gasteiger partial charge in [-0.1, -0.05) is 32.9 Å². The third-order valence-corrected chi connectivity index (χ3v) is 4.38. The number of likely N-dealkylation sites (N-methyl/N-ethyl adjacent to an activating group) is 1. The summed E-state index contributed by atoms with van der Waals surface area (Å²) in [4.78, 5) is 24.2. The van der Waals surface area contributed by atoms with Crippen molar-refractivity contribution in [2.24, 2.45) is 0 Å². The van der Waals surface area contributed by atoms with Crippen LogP contribution in [0.25, 0.3) is 0 Å². The van der Waals surface area contributed by atoms with E-state index in [9.17, 15) is 9.59 Å². The van der Waals surface area contributed by atoms with Gasteiger partial charge in [0.2, 0.25) is 5.91 Å². The predicted molar refractivity (Wildman–Crippen MR) is 101 cm³/mol. The van der Waals surface area contributed by atoms with Crippen LogP contribution in [-0.4, -0.2) is 48.6 Å². The van der Waals surface area contributed by atoms with Crippen LogP contribution >= 0.6 is 0 Å². The van der Waals surface area contributed by atoms with Crippen molar-refractivity contribution in [3.05, 3.63) is 34.4 Å². The standard InChI is InChI=1S/C20H32N2O3/c1-14-11-16(20(3,4)5)12-15(2)17(14)7-9-21-18(23)13-22(6)10-8-19(24)25/h11-12H,7-10,13H2,1-6H3,(H,21,23)(H,24,25). The van der Waals surface area contributed by atoms with Crippen molar-refractivity contribution in [1.82, 2.24) is 10.2 Å². The zero-order chi connectivity index (χ0) is 19.2. The predicted octanol–water partition coefficient (Wildman–Crippen LogP) is 2.67. The van der Waals surface area contributed by atoms with Crippen molar-refractivity contribution < 1.29 is 14.7 Å². The van der Waals surface area contributed by atoms with Crippen LogP contribution in [-0.2, 0) is 21.4 Å². The lowest BCUT2D eigenvalue weighted by Gasteiger charge is -2.22. The number of benzene rings is 1. The van der Waals surface area contributed by atoms with Crippen LogP contribution < -0.4 is 5.32 Å². The molecule has 0 aliphatic rings. The lowest BCUT2D eigenvalue weighted by atomic mass is 9.83. The molecule has 0 aliphatic heterocycles. The maximum atomic E-state index is 11.9. The molecule has 1 rings (SSSR count). The molecule has 0 bridgehead atoms. The SMILES string of the molecule is Cc1cc(C(C)(C)C)cc(C)c1CCNC(=O)CN(C)CCC(=O)O. The molecule has 0 fully saturated rings. The van der Waals surface area contributed by atoms with Crippen LogP contribution in [0.1, 0.15) is 49.4 Å². The normalized spacial score (nSPS) is 11.6. The number of rotatable bonds is 8. The first kappa shape index (κ1) is 21.2. The van der Waals surface area contributed by atoms with E-state index in [0.29, 0.717) is 13.1 Å². The van der Waals surface area contributed by atoms with Gasteiger partial charge in [-0.15, -0.1) is 0 Å². The van der Waals surface area contributed by atoms with Crippen LogP contribution in [0.3, 0.4) is 0 Å². The Kier molecular flexibility index (Phi) is 7.61. The molecule has 0 spiro atoms. The minimum atomic E-state index is -0.850. The molecule has 0 unspecified atom stereocenters. The minimum Gasteiger partial charge on any atom is -0.481 e. The Morgan fingerprint density at radius 1 is 1.16 bits per heavy atom. The van der Waals surface area contributed by atoms with E-state index in [1.165, 1.54) is 22.3 Å². The fourth-order valence-corrected chi connectivity index (χ4v) is 2.81. The summed E-state index contributed by atoms with van der Waals surface area (Å²) in [6.45, 7) is 12.1. The number of carboxylic acid groups (broad SMARTS) is 1. The Hall–Kier alpha value is -1.88. The highest BCUT2D eigenvalue weighted by atomic mass is 16.4. The van der Waals surface area contributed by atoms with Gasteiger partial charge in [-0.3, -0.25) is 14.5 Å². The monoisotopic (exact) mass is 348 g/mol. The molecular weight excluding hydrogens is 316 g/mol. The molecule has 140 valence electrons. The number of amides is 1. The van der Waals surface area contributed by atoms with Crippen LogP contribution in [0, 0.1) is 13.8 Å². The average Bonchev–Trinajstić information content (AvgIpc) is 2.46. The Morgan fingerprint density at radius 2 is 1.72 bits per heavy atom. The highest BCUT2D eigenvalue weighted by Gasteiger charge is 2.16. The third-order valence-electron chi connectivity index (χ3n) is 4.38. The molecule has 5 heteroatoms. The van der Waals surface area contributed by atoms with E-state index >= 15 is 0 Å². The molecule has 1 amide bonds. The van der Waals surface area contributed by atoms with E-state index in [-0.39, 0.29) is 24.3 Å². The van der Waals surface area contributed by atoms with E-state index in [2.05, 4.69) is 52.1 Å². The summed E-state index contributed by atoms with van der Waals surface area (Å²) in [6, 6.07) is 4.48. The fourth-order valence-electron chi connectivity index (χ4n) is 2.81. The molecule has 0 atom stereocenters. The number of carbonyl (C=O) groups excluding carboxylic acids is 1. The number of nitrogens with one attached hydrogen (secondary N) is 1. The molecular formula is C20H32N2O3. The first-order valence-corrected chi connectivity index (χ1v) is 8.78. The van der Waals surface area contributed by atoms with Gasteiger partial charge in [0.15, 0.2) is 0 Å². The largest absolute Gasteiger partial charge is 0.481 e. The molecule has 0 aliphatic carbocycles. The fraction of sp³-hybridized carbons (Fsp3) is 0.600. The number of aryl methyl sites for hydroxylation is 2. The summed E-state index contributed by atoms with van der Waals surface area (Å²) in [5.74, 6) is -0.925. The highest BCUT2D eigenvalue weighted by Crippen LogP contribution is 2.27. The van der Waals surface area contributed by atoms with E-state index in [1.54, 1.807) is 11.9 Å². The van der Waals surface area contributed by atoms with E-state index in [0.717, 1.165) is 6.42 Å². The second kappa shape index (κ2) is 8.99. The first-order valence-electron chi connectivity index (χ1n) is 8.78. The van der Waals surface area contributed by atoms with Crippen molar-refractivity contribution in [2.45, 2.75) is 52.9 Å². The van der Waals surface area contributed by atoms with E-state index in [4.69, 9.17) is 5.11 Å². The molecule has 5 nitrogen and oxygen atoms in total. The van der Waals surface area contributed by atoms with Crippen LogP contribution in [0.2, 0.25) is 0 Å². The minimum absolute atomic E-state index is 0.0439. The van der Waals surface area contributed by atoms with Crippen molar-refractivity contribution in [2.75, 3.05) is 26.7 Å². The number of carbonyl (C=O) groups is 2. The summed E-state index contributed by atoms with van der Waals surface area (Å²) < 4.78 is 0. The van der Waals surface area contributed by atoms with Crippen LogP contribution in [0.15, 0.2) is 12.1 Å². The lowest BCUT2D eigenvalue weighted by Crippen LogP contribution is -2.37. The maximum absolute atomic E-state index is 11.9. The molecule has 0 aromatic heterocycles. The summed E-state index contributed by atoms with van der Waals surface area (Å²) in [7, 11) is 1.75.